The summed E-state index contributed by atoms with van der Waals surface area (Å²) < 4.78 is 5.94. The highest BCUT2D eigenvalue weighted by Crippen LogP contribution is 2.30. The highest BCUT2D eigenvalue weighted by Gasteiger charge is 2.42. The zero-order valence-electron chi connectivity index (χ0n) is 9.71. The van der Waals surface area contributed by atoms with Crippen molar-refractivity contribution in [1.82, 2.24) is 5.32 Å². The summed E-state index contributed by atoms with van der Waals surface area (Å²) in [6.07, 6.45) is 7.05. The summed E-state index contributed by atoms with van der Waals surface area (Å²) in [5, 5.41) is 12.6. The molecule has 0 radical (unpaired) electrons. The molecule has 2 rings (SSSR count). The van der Waals surface area contributed by atoms with Gasteiger partial charge < -0.3 is 15.2 Å². The summed E-state index contributed by atoms with van der Waals surface area (Å²) in [6, 6.07) is 0. The van der Waals surface area contributed by atoms with Crippen molar-refractivity contribution in [3.05, 3.63) is 0 Å². The zero-order valence-corrected chi connectivity index (χ0v) is 9.71. The Kier molecular flexibility index (Phi) is 3.82. The largest absolute Gasteiger partial charge is 0.479 e. The number of carboxylic acids is 1. The summed E-state index contributed by atoms with van der Waals surface area (Å²) in [5.41, 5.74) is -0.909. The Morgan fingerprint density at radius 1 is 1.19 bits per heavy atom. The first-order valence-electron chi connectivity index (χ1n) is 6.35. The molecule has 0 amide bonds. The van der Waals surface area contributed by atoms with E-state index in [9.17, 15) is 9.90 Å². The Labute approximate surface area is 96.4 Å². The second-order valence-corrected chi connectivity index (χ2v) is 4.93. The smallest absolute Gasteiger partial charge is 0.336 e. The van der Waals surface area contributed by atoms with Crippen molar-refractivity contribution in [2.24, 2.45) is 0 Å². The van der Waals surface area contributed by atoms with Crippen LogP contribution in [0.3, 0.4) is 0 Å². The molecule has 2 aliphatic rings. The molecule has 0 atom stereocenters. The lowest BCUT2D eigenvalue weighted by Gasteiger charge is -2.37. The van der Waals surface area contributed by atoms with Crippen molar-refractivity contribution < 1.29 is 14.6 Å². The van der Waals surface area contributed by atoms with Crippen molar-refractivity contribution in [2.75, 3.05) is 13.1 Å². The fourth-order valence-corrected chi connectivity index (χ4v) is 2.71. The SMILES string of the molecule is O=C(O)C1(OC2CCCCC2)CCNCC1. The van der Waals surface area contributed by atoms with Crippen LogP contribution in [0.15, 0.2) is 0 Å². The number of carbonyl (C=O) groups is 1. The van der Waals surface area contributed by atoms with Crippen LogP contribution in [0.5, 0.6) is 0 Å². The van der Waals surface area contributed by atoms with E-state index < -0.39 is 11.6 Å². The van der Waals surface area contributed by atoms with Gasteiger partial charge in [-0.25, -0.2) is 4.79 Å². The standard InChI is InChI=1S/C12H21NO3/c14-11(15)12(6-8-13-9-7-12)16-10-4-2-1-3-5-10/h10,13H,1-9H2,(H,14,15). The molecular formula is C12H21NO3. The maximum absolute atomic E-state index is 11.4. The molecular weight excluding hydrogens is 206 g/mol. The van der Waals surface area contributed by atoms with Crippen molar-refractivity contribution >= 4 is 5.97 Å². The molecule has 0 spiro atoms. The molecule has 1 aliphatic carbocycles. The summed E-state index contributed by atoms with van der Waals surface area (Å²) in [6.45, 7) is 1.50. The number of rotatable bonds is 3. The molecule has 0 bridgehead atoms. The Bertz CT molecular complexity index is 243. The molecule has 2 fully saturated rings. The van der Waals surface area contributed by atoms with E-state index in [1.807, 2.05) is 0 Å². The summed E-state index contributed by atoms with van der Waals surface area (Å²) in [5.74, 6) is -0.778. The van der Waals surface area contributed by atoms with Gasteiger partial charge in [-0.15, -0.1) is 0 Å². The average Bonchev–Trinajstić information content (AvgIpc) is 2.31. The fourth-order valence-electron chi connectivity index (χ4n) is 2.71. The molecule has 0 aromatic carbocycles. The first-order chi connectivity index (χ1) is 7.73. The van der Waals surface area contributed by atoms with Gasteiger partial charge in [-0.3, -0.25) is 0 Å². The maximum atomic E-state index is 11.4. The zero-order chi connectivity index (χ0) is 11.4. The second kappa shape index (κ2) is 5.15. The third kappa shape index (κ3) is 2.55. The normalized spacial score (nSPS) is 26.5. The number of nitrogens with one attached hydrogen (secondary N) is 1. The molecule has 1 saturated heterocycles. The van der Waals surface area contributed by atoms with Crippen LogP contribution >= 0.6 is 0 Å². The van der Waals surface area contributed by atoms with Crippen LogP contribution in [0.2, 0.25) is 0 Å². The van der Waals surface area contributed by atoms with Gasteiger partial charge in [0.05, 0.1) is 6.10 Å². The quantitative estimate of drug-likeness (QED) is 0.768. The van der Waals surface area contributed by atoms with E-state index in [4.69, 9.17) is 4.74 Å². The van der Waals surface area contributed by atoms with Crippen molar-refractivity contribution in [3.63, 3.8) is 0 Å². The molecule has 2 N–H and O–H groups in total. The Morgan fingerprint density at radius 2 is 1.81 bits per heavy atom. The lowest BCUT2D eigenvalue weighted by molar-refractivity contribution is -0.181. The third-order valence-electron chi connectivity index (χ3n) is 3.75. The monoisotopic (exact) mass is 227 g/mol. The van der Waals surface area contributed by atoms with E-state index in [1.165, 1.54) is 19.3 Å². The number of hydrogen-bond acceptors (Lipinski definition) is 3. The molecule has 4 heteroatoms. The lowest BCUT2D eigenvalue weighted by Crippen LogP contribution is -2.51. The molecule has 92 valence electrons. The van der Waals surface area contributed by atoms with Crippen LogP contribution in [0.4, 0.5) is 0 Å². The maximum Gasteiger partial charge on any atom is 0.336 e. The van der Waals surface area contributed by atoms with Crippen LogP contribution in [-0.2, 0) is 9.53 Å². The first kappa shape index (κ1) is 11.9. The van der Waals surface area contributed by atoms with Gasteiger partial charge in [-0.1, -0.05) is 19.3 Å². The van der Waals surface area contributed by atoms with Gasteiger partial charge in [0.25, 0.3) is 0 Å². The van der Waals surface area contributed by atoms with E-state index in [2.05, 4.69) is 5.32 Å². The first-order valence-corrected chi connectivity index (χ1v) is 6.35. The second-order valence-electron chi connectivity index (χ2n) is 4.93. The van der Waals surface area contributed by atoms with E-state index in [1.54, 1.807) is 0 Å². The number of aliphatic carboxylic acids is 1. The van der Waals surface area contributed by atoms with Crippen LogP contribution in [0.25, 0.3) is 0 Å². The molecule has 1 heterocycles. The average molecular weight is 227 g/mol. The highest BCUT2D eigenvalue weighted by molar-refractivity contribution is 5.77. The summed E-state index contributed by atoms with van der Waals surface area (Å²) >= 11 is 0. The highest BCUT2D eigenvalue weighted by atomic mass is 16.5. The van der Waals surface area contributed by atoms with Gasteiger partial charge in [0.15, 0.2) is 5.60 Å². The van der Waals surface area contributed by atoms with E-state index >= 15 is 0 Å². The number of hydrogen-bond donors (Lipinski definition) is 2. The molecule has 0 aromatic heterocycles. The van der Waals surface area contributed by atoms with Crippen LogP contribution in [0, 0.1) is 0 Å². The fraction of sp³-hybridized carbons (Fsp3) is 0.917. The van der Waals surface area contributed by atoms with E-state index in [0.717, 1.165) is 25.9 Å². The topological polar surface area (TPSA) is 58.6 Å². The third-order valence-corrected chi connectivity index (χ3v) is 3.75. The van der Waals surface area contributed by atoms with E-state index in [-0.39, 0.29) is 6.10 Å². The van der Waals surface area contributed by atoms with Crippen LogP contribution in [-0.4, -0.2) is 35.9 Å². The minimum atomic E-state index is -0.909. The Hall–Kier alpha value is -0.610. The summed E-state index contributed by atoms with van der Waals surface area (Å²) in [7, 11) is 0. The predicted octanol–water partition coefficient (Wildman–Crippen LogP) is 1.54. The molecule has 1 aliphatic heterocycles. The van der Waals surface area contributed by atoms with Gasteiger partial charge in [-0.2, -0.15) is 0 Å². The Balaban J connectivity index is 1.98. The number of ether oxygens (including phenoxy) is 1. The van der Waals surface area contributed by atoms with Gasteiger partial charge in [0.1, 0.15) is 0 Å². The molecule has 4 nitrogen and oxygen atoms in total. The van der Waals surface area contributed by atoms with Crippen LogP contribution in [0.1, 0.15) is 44.9 Å². The van der Waals surface area contributed by atoms with Gasteiger partial charge in [-0.05, 0) is 38.8 Å². The predicted molar refractivity (Wildman–Crippen MR) is 60.4 cm³/mol. The van der Waals surface area contributed by atoms with Crippen LogP contribution < -0.4 is 5.32 Å². The minimum absolute atomic E-state index is 0.169. The molecule has 0 unspecified atom stereocenters. The molecule has 1 saturated carbocycles. The molecule has 0 aromatic rings. The van der Waals surface area contributed by atoms with Gasteiger partial charge in [0.2, 0.25) is 0 Å². The van der Waals surface area contributed by atoms with Crippen molar-refractivity contribution in [1.29, 1.82) is 0 Å². The lowest BCUT2D eigenvalue weighted by atomic mass is 9.90. The van der Waals surface area contributed by atoms with Crippen molar-refractivity contribution in [2.45, 2.75) is 56.7 Å². The summed E-state index contributed by atoms with van der Waals surface area (Å²) in [4.78, 5) is 11.4. The van der Waals surface area contributed by atoms with E-state index in [0.29, 0.717) is 12.8 Å². The van der Waals surface area contributed by atoms with Gasteiger partial charge >= 0.3 is 5.97 Å². The minimum Gasteiger partial charge on any atom is -0.479 e. The Morgan fingerprint density at radius 3 is 2.38 bits per heavy atom. The number of carboxylic acid groups (broad SMARTS) is 1. The van der Waals surface area contributed by atoms with Crippen molar-refractivity contribution in [3.8, 4) is 0 Å². The molecule has 16 heavy (non-hydrogen) atoms. The number of piperidine rings is 1. The van der Waals surface area contributed by atoms with Gasteiger partial charge in [0, 0.05) is 0 Å².